The summed E-state index contributed by atoms with van der Waals surface area (Å²) in [6.45, 7) is 0.271. The van der Waals surface area contributed by atoms with E-state index in [0.29, 0.717) is 29.9 Å². The number of amides is 3. The fourth-order valence-electron chi connectivity index (χ4n) is 7.89. The number of primary sulfonamides is 1. The summed E-state index contributed by atoms with van der Waals surface area (Å²) in [4.78, 5) is 44.3. The van der Waals surface area contributed by atoms with Crippen molar-refractivity contribution in [1.29, 1.82) is 0 Å². The van der Waals surface area contributed by atoms with Gasteiger partial charge in [0.05, 0.1) is 22.4 Å². The molecule has 10 heteroatoms. The van der Waals surface area contributed by atoms with Gasteiger partial charge in [-0.3, -0.25) is 14.4 Å². The summed E-state index contributed by atoms with van der Waals surface area (Å²) < 4.78 is 24.2. The Hall–Kier alpha value is -2.56. The lowest BCUT2D eigenvalue weighted by Gasteiger charge is -2.57. The quantitative estimate of drug-likeness (QED) is 0.473. The van der Waals surface area contributed by atoms with E-state index >= 15 is 0 Å². The maximum Gasteiger partial charge on any atom is 0.257 e. The highest BCUT2D eigenvalue weighted by atomic mass is 79.9. The van der Waals surface area contributed by atoms with Gasteiger partial charge in [-0.1, -0.05) is 28.1 Å². The van der Waals surface area contributed by atoms with Gasteiger partial charge < -0.3 is 4.90 Å². The molecule has 3 amide bonds. The fourth-order valence-corrected chi connectivity index (χ4v) is 8.67. The summed E-state index contributed by atoms with van der Waals surface area (Å²) in [6.07, 6.45) is 6.56. The van der Waals surface area contributed by atoms with Crippen molar-refractivity contribution in [3.8, 4) is 0 Å². The molecule has 1 heterocycles. The third-order valence-electron chi connectivity index (χ3n) is 9.23. The lowest BCUT2D eigenvalue weighted by Crippen LogP contribution is -2.58. The highest BCUT2D eigenvalue weighted by Gasteiger charge is 2.57. The molecule has 5 aliphatic rings. The van der Waals surface area contributed by atoms with Crippen molar-refractivity contribution in [1.82, 2.24) is 4.90 Å². The van der Waals surface area contributed by atoms with Crippen molar-refractivity contribution in [2.75, 3.05) is 11.4 Å². The third kappa shape index (κ3) is 4.95. The summed E-state index contributed by atoms with van der Waals surface area (Å²) in [5, 5.41) is 5.24. The number of halogens is 1. The molecule has 4 aliphatic carbocycles. The van der Waals surface area contributed by atoms with Gasteiger partial charge in [0, 0.05) is 11.0 Å². The number of carbonyl (C=O) groups is 3. The second kappa shape index (κ2) is 9.82. The fraction of sp³-hybridized carbons (Fsp3) is 0.483. The van der Waals surface area contributed by atoms with Crippen LogP contribution >= 0.6 is 15.9 Å². The Morgan fingerprint density at radius 2 is 1.51 bits per heavy atom. The first-order valence-corrected chi connectivity index (χ1v) is 15.9. The van der Waals surface area contributed by atoms with Crippen molar-refractivity contribution in [2.24, 2.45) is 28.3 Å². The lowest BCUT2D eigenvalue weighted by atomic mass is 9.49. The molecule has 0 radical (unpaired) electrons. The van der Waals surface area contributed by atoms with Crippen LogP contribution in [0.4, 0.5) is 5.69 Å². The number of nitrogens with two attached hydrogens (primary N) is 1. The second-order valence-corrected chi connectivity index (χ2v) is 14.4. The average molecular weight is 615 g/mol. The summed E-state index contributed by atoms with van der Waals surface area (Å²) in [6, 6.07) is 12.4. The predicted octanol–water partition coefficient (Wildman–Crippen LogP) is 4.02. The molecule has 206 valence electrons. The summed E-state index contributed by atoms with van der Waals surface area (Å²) in [5.74, 6) is 1.01. The third-order valence-corrected chi connectivity index (χ3v) is 10.7. The molecule has 1 aliphatic heterocycles. The van der Waals surface area contributed by atoms with E-state index < -0.39 is 21.5 Å². The van der Waals surface area contributed by atoms with E-state index in [0.717, 1.165) is 29.3 Å². The molecule has 1 saturated heterocycles. The molecule has 0 aromatic heterocycles. The second-order valence-electron chi connectivity index (χ2n) is 11.9. The Bertz CT molecular complexity index is 1390. The number of nitrogens with zero attached hydrogens (tertiary/aromatic N) is 2. The number of rotatable bonds is 7. The molecule has 4 bridgehead atoms. The van der Waals surface area contributed by atoms with Crippen LogP contribution in [-0.4, -0.2) is 43.6 Å². The zero-order chi connectivity index (χ0) is 27.5. The largest absolute Gasteiger partial charge is 0.329 e. The van der Waals surface area contributed by atoms with Gasteiger partial charge in [-0.2, -0.15) is 0 Å². The number of hydrogen-bond donors (Lipinski definition) is 1. The van der Waals surface area contributed by atoms with Gasteiger partial charge in [0.25, 0.3) is 5.91 Å². The van der Waals surface area contributed by atoms with E-state index in [1.807, 2.05) is 0 Å². The summed E-state index contributed by atoms with van der Waals surface area (Å²) in [7, 11) is -3.81. The minimum Gasteiger partial charge on any atom is -0.329 e. The van der Waals surface area contributed by atoms with E-state index in [4.69, 9.17) is 5.14 Å². The van der Waals surface area contributed by atoms with Gasteiger partial charge in [0.15, 0.2) is 0 Å². The molecule has 8 nitrogen and oxygen atoms in total. The zero-order valence-electron chi connectivity index (χ0n) is 21.6. The van der Waals surface area contributed by atoms with Crippen LogP contribution in [0, 0.1) is 23.2 Å². The van der Waals surface area contributed by atoms with Crippen LogP contribution in [0.25, 0.3) is 0 Å². The molecule has 7 rings (SSSR count). The van der Waals surface area contributed by atoms with Crippen molar-refractivity contribution >= 4 is 49.4 Å². The minimum atomic E-state index is -3.81. The molecule has 1 unspecified atom stereocenters. The molecule has 2 N–H and O–H groups in total. The summed E-state index contributed by atoms with van der Waals surface area (Å²) in [5.41, 5.74) is 0.865. The SMILES string of the molecule is NS(=O)(=O)c1ccc(CCN(C(=O)C23CC4CC(CC(C4)C2)C3)C2CC(=O)N(c3ccc(Br)cc3)C2=O)cc1. The zero-order valence-corrected chi connectivity index (χ0v) is 24.0. The molecule has 0 spiro atoms. The number of sulfonamides is 1. The molecule has 39 heavy (non-hydrogen) atoms. The van der Waals surface area contributed by atoms with Gasteiger partial charge >= 0.3 is 0 Å². The van der Waals surface area contributed by atoms with Crippen LogP contribution in [0.3, 0.4) is 0 Å². The first kappa shape index (κ1) is 26.7. The molecule has 4 saturated carbocycles. The van der Waals surface area contributed by atoms with E-state index in [-0.39, 0.29) is 35.6 Å². The Balaban J connectivity index is 1.29. The van der Waals surface area contributed by atoms with Gasteiger partial charge in [0.1, 0.15) is 6.04 Å². The lowest BCUT2D eigenvalue weighted by molar-refractivity contribution is -0.161. The van der Waals surface area contributed by atoms with Crippen molar-refractivity contribution < 1.29 is 22.8 Å². The maximum atomic E-state index is 14.5. The van der Waals surface area contributed by atoms with Gasteiger partial charge in [0.2, 0.25) is 21.8 Å². The smallest absolute Gasteiger partial charge is 0.257 e. The van der Waals surface area contributed by atoms with Crippen molar-refractivity contribution in [3.05, 3.63) is 58.6 Å². The Kier molecular flexibility index (Phi) is 6.71. The minimum absolute atomic E-state index is 0.00608. The topological polar surface area (TPSA) is 118 Å². The average Bonchev–Trinajstić information content (AvgIpc) is 3.17. The number of imide groups is 1. The first-order chi connectivity index (χ1) is 18.5. The Labute approximate surface area is 237 Å². The van der Waals surface area contributed by atoms with Crippen LogP contribution in [-0.2, 0) is 30.8 Å². The molecular formula is C29H32BrN3O5S. The normalized spacial score (nSPS) is 29.7. The highest BCUT2D eigenvalue weighted by molar-refractivity contribution is 9.10. The van der Waals surface area contributed by atoms with Gasteiger partial charge in [-0.05, 0) is 105 Å². The summed E-state index contributed by atoms with van der Waals surface area (Å²) >= 11 is 3.39. The van der Waals surface area contributed by atoms with Gasteiger partial charge in [-0.15, -0.1) is 0 Å². The van der Waals surface area contributed by atoms with Gasteiger partial charge in [-0.25, -0.2) is 18.5 Å². The molecule has 2 aromatic rings. The van der Waals surface area contributed by atoms with E-state index in [1.165, 1.54) is 36.3 Å². The van der Waals surface area contributed by atoms with Crippen LogP contribution in [0.2, 0.25) is 0 Å². The maximum absolute atomic E-state index is 14.5. The van der Waals surface area contributed by atoms with E-state index in [1.54, 1.807) is 41.3 Å². The van der Waals surface area contributed by atoms with Crippen LogP contribution in [0.1, 0.15) is 50.5 Å². The monoisotopic (exact) mass is 613 g/mol. The Morgan fingerprint density at radius 1 is 0.949 bits per heavy atom. The first-order valence-electron chi connectivity index (χ1n) is 13.6. The highest BCUT2D eigenvalue weighted by Crippen LogP contribution is 2.60. The molecule has 1 atom stereocenters. The van der Waals surface area contributed by atoms with E-state index in [2.05, 4.69) is 15.9 Å². The van der Waals surface area contributed by atoms with Crippen LogP contribution in [0.5, 0.6) is 0 Å². The Morgan fingerprint density at radius 3 is 2.05 bits per heavy atom. The molecule has 5 fully saturated rings. The van der Waals surface area contributed by atoms with Crippen LogP contribution < -0.4 is 10.0 Å². The standard InChI is InChI=1S/C29H32BrN3O5S/c30-22-3-5-23(6-4-22)33-26(34)14-25(27(33)35)32(10-9-18-1-7-24(8-2-18)39(31,37)38)28(36)29-15-19-11-20(16-29)13-21(12-19)17-29/h1-8,19-21,25H,9-17H2,(H2,31,37,38). The van der Waals surface area contributed by atoms with Crippen molar-refractivity contribution in [2.45, 2.75) is 62.3 Å². The van der Waals surface area contributed by atoms with Crippen LogP contribution in [0.15, 0.2) is 57.9 Å². The van der Waals surface area contributed by atoms with E-state index in [9.17, 15) is 22.8 Å². The molecular weight excluding hydrogens is 582 g/mol. The van der Waals surface area contributed by atoms with Crippen molar-refractivity contribution in [3.63, 3.8) is 0 Å². The molecule has 2 aromatic carbocycles. The number of benzene rings is 2. The number of anilines is 1. The predicted molar refractivity (Wildman–Crippen MR) is 149 cm³/mol. The number of hydrogen-bond acceptors (Lipinski definition) is 5. The number of carbonyl (C=O) groups excluding carboxylic acids is 3.